The number of benzene rings is 3. The van der Waals surface area contributed by atoms with E-state index < -0.39 is 5.91 Å². The molecule has 0 saturated heterocycles. The molecule has 0 fully saturated rings. The SMILES string of the molecule is CCOCCOc1ccccc1C(=O)NC(=S)Nc1ccccc1C(=O)N(CC)c1ccccc1. The van der Waals surface area contributed by atoms with Crippen LogP contribution in [-0.2, 0) is 4.74 Å². The molecule has 0 aliphatic rings. The third-order valence-electron chi connectivity index (χ3n) is 5.08. The van der Waals surface area contributed by atoms with Crippen LogP contribution in [0, 0.1) is 0 Å². The highest BCUT2D eigenvalue weighted by Crippen LogP contribution is 2.22. The number of hydrogen-bond acceptors (Lipinski definition) is 5. The Morgan fingerprint density at radius 2 is 1.51 bits per heavy atom. The minimum absolute atomic E-state index is 0.0714. The molecule has 0 bridgehead atoms. The second kappa shape index (κ2) is 13.2. The van der Waals surface area contributed by atoms with Crippen molar-refractivity contribution in [3.63, 3.8) is 0 Å². The summed E-state index contributed by atoms with van der Waals surface area (Å²) in [4.78, 5) is 27.9. The van der Waals surface area contributed by atoms with Crippen LogP contribution in [0.2, 0.25) is 0 Å². The Balaban J connectivity index is 1.71. The monoisotopic (exact) mass is 491 g/mol. The summed E-state index contributed by atoms with van der Waals surface area (Å²) in [5, 5.41) is 5.74. The van der Waals surface area contributed by atoms with E-state index in [2.05, 4.69) is 10.6 Å². The first-order valence-corrected chi connectivity index (χ1v) is 11.8. The van der Waals surface area contributed by atoms with Gasteiger partial charge in [-0.15, -0.1) is 0 Å². The predicted molar refractivity (Wildman–Crippen MR) is 142 cm³/mol. The van der Waals surface area contributed by atoms with E-state index in [1.165, 1.54) is 0 Å². The predicted octanol–water partition coefficient (Wildman–Crippen LogP) is 4.90. The van der Waals surface area contributed by atoms with Crippen molar-refractivity contribution in [2.75, 3.05) is 36.6 Å². The number of nitrogens with zero attached hydrogens (tertiary/aromatic N) is 1. The quantitative estimate of drug-likeness (QED) is 0.310. The van der Waals surface area contributed by atoms with E-state index in [9.17, 15) is 9.59 Å². The van der Waals surface area contributed by atoms with Crippen LogP contribution in [0.4, 0.5) is 11.4 Å². The molecule has 2 N–H and O–H groups in total. The average molecular weight is 492 g/mol. The van der Waals surface area contributed by atoms with Gasteiger partial charge < -0.3 is 19.7 Å². The van der Waals surface area contributed by atoms with Crippen molar-refractivity contribution < 1.29 is 19.1 Å². The molecule has 3 aromatic carbocycles. The highest BCUT2D eigenvalue weighted by Gasteiger charge is 2.20. The molecular weight excluding hydrogens is 462 g/mol. The van der Waals surface area contributed by atoms with Crippen molar-refractivity contribution in [3.05, 3.63) is 90.0 Å². The normalized spacial score (nSPS) is 10.3. The Morgan fingerprint density at radius 1 is 0.857 bits per heavy atom. The lowest BCUT2D eigenvalue weighted by molar-refractivity contribution is 0.0957. The summed E-state index contributed by atoms with van der Waals surface area (Å²) in [5.41, 5.74) is 2.08. The first-order chi connectivity index (χ1) is 17.0. The van der Waals surface area contributed by atoms with Crippen LogP contribution >= 0.6 is 12.2 Å². The summed E-state index contributed by atoms with van der Waals surface area (Å²) in [5.74, 6) is -0.161. The number of hydrogen-bond donors (Lipinski definition) is 2. The van der Waals surface area contributed by atoms with Gasteiger partial charge in [-0.2, -0.15) is 0 Å². The van der Waals surface area contributed by atoms with Crippen molar-refractivity contribution in [2.24, 2.45) is 0 Å². The van der Waals surface area contributed by atoms with Crippen molar-refractivity contribution in [1.82, 2.24) is 5.32 Å². The molecular formula is C27H29N3O4S. The van der Waals surface area contributed by atoms with E-state index in [4.69, 9.17) is 21.7 Å². The van der Waals surface area contributed by atoms with Crippen molar-refractivity contribution >= 4 is 40.5 Å². The van der Waals surface area contributed by atoms with Gasteiger partial charge in [0.25, 0.3) is 11.8 Å². The lowest BCUT2D eigenvalue weighted by Gasteiger charge is -2.23. The summed E-state index contributed by atoms with van der Waals surface area (Å²) < 4.78 is 11.0. The Morgan fingerprint density at radius 3 is 2.23 bits per heavy atom. The molecule has 0 saturated carbocycles. The van der Waals surface area contributed by atoms with E-state index in [-0.39, 0.29) is 11.0 Å². The fourth-order valence-corrected chi connectivity index (χ4v) is 3.64. The maximum absolute atomic E-state index is 13.3. The molecule has 0 spiro atoms. The van der Waals surface area contributed by atoms with Gasteiger partial charge in [0, 0.05) is 18.8 Å². The fraction of sp³-hybridized carbons (Fsp3) is 0.222. The Bertz CT molecular complexity index is 1150. The minimum atomic E-state index is -0.419. The molecule has 0 aliphatic heterocycles. The second-order valence-electron chi connectivity index (χ2n) is 7.38. The molecule has 0 unspecified atom stereocenters. The Kier molecular flexibility index (Phi) is 9.77. The molecule has 0 radical (unpaired) electrons. The van der Waals surface area contributed by atoms with Crippen LogP contribution in [-0.4, -0.2) is 43.3 Å². The number of rotatable bonds is 10. The third kappa shape index (κ3) is 7.11. The van der Waals surface area contributed by atoms with Gasteiger partial charge in [0.05, 0.1) is 23.4 Å². The number of amides is 2. The Labute approximate surface area is 211 Å². The van der Waals surface area contributed by atoms with Crippen LogP contribution in [0.25, 0.3) is 0 Å². The van der Waals surface area contributed by atoms with Gasteiger partial charge in [0.1, 0.15) is 12.4 Å². The number of nitrogens with one attached hydrogen (secondary N) is 2. The second-order valence-corrected chi connectivity index (χ2v) is 7.79. The van der Waals surface area contributed by atoms with Crippen LogP contribution in [0.15, 0.2) is 78.9 Å². The van der Waals surface area contributed by atoms with Gasteiger partial charge in [-0.3, -0.25) is 14.9 Å². The van der Waals surface area contributed by atoms with Gasteiger partial charge in [-0.1, -0.05) is 42.5 Å². The maximum atomic E-state index is 13.3. The summed E-state index contributed by atoms with van der Waals surface area (Å²) in [6.45, 7) is 5.66. The first-order valence-electron chi connectivity index (χ1n) is 11.4. The number of carbonyl (C=O) groups excluding carboxylic acids is 2. The summed E-state index contributed by atoms with van der Waals surface area (Å²) >= 11 is 5.38. The molecule has 2 amide bonds. The number of carbonyl (C=O) groups is 2. The average Bonchev–Trinajstić information content (AvgIpc) is 2.88. The molecule has 8 heteroatoms. The molecule has 182 valence electrons. The standard InChI is InChI=1S/C27H29N3O4S/c1-3-30(20-12-6-5-7-13-20)26(32)21-14-8-10-16-23(21)28-27(35)29-25(31)22-15-9-11-17-24(22)34-19-18-33-4-2/h5-17H,3-4,18-19H2,1-2H3,(H2,28,29,31,35). The van der Waals surface area contributed by atoms with Gasteiger partial charge in [-0.05, 0) is 62.5 Å². The van der Waals surface area contributed by atoms with E-state index in [1.807, 2.05) is 44.2 Å². The summed E-state index contributed by atoms with van der Waals surface area (Å²) in [7, 11) is 0. The van der Waals surface area contributed by atoms with Crippen LogP contribution in [0.3, 0.4) is 0 Å². The van der Waals surface area contributed by atoms with E-state index >= 15 is 0 Å². The largest absolute Gasteiger partial charge is 0.490 e. The zero-order valence-electron chi connectivity index (χ0n) is 19.8. The molecule has 0 atom stereocenters. The molecule has 0 aliphatic carbocycles. The van der Waals surface area contributed by atoms with Crippen molar-refractivity contribution in [1.29, 1.82) is 0 Å². The van der Waals surface area contributed by atoms with E-state index in [0.717, 1.165) is 5.69 Å². The van der Waals surface area contributed by atoms with Crippen LogP contribution in [0.5, 0.6) is 5.75 Å². The Hall–Kier alpha value is -3.75. The molecule has 0 heterocycles. The molecule has 7 nitrogen and oxygen atoms in total. The molecule has 3 aromatic rings. The first kappa shape index (κ1) is 25.9. The zero-order chi connectivity index (χ0) is 25.0. The summed E-state index contributed by atoms with van der Waals surface area (Å²) in [6.07, 6.45) is 0. The van der Waals surface area contributed by atoms with E-state index in [0.29, 0.717) is 48.9 Å². The summed E-state index contributed by atoms with van der Waals surface area (Å²) in [6, 6.07) is 23.4. The van der Waals surface area contributed by atoms with Crippen LogP contribution < -0.4 is 20.3 Å². The lowest BCUT2D eigenvalue weighted by Crippen LogP contribution is -2.36. The van der Waals surface area contributed by atoms with Crippen molar-refractivity contribution in [3.8, 4) is 5.75 Å². The van der Waals surface area contributed by atoms with Gasteiger partial charge in [0.2, 0.25) is 0 Å². The molecule has 3 rings (SSSR count). The van der Waals surface area contributed by atoms with Crippen LogP contribution in [0.1, 0.15) is 34.6 Å². The highest BCUT2D eigenvalue weighted by molar-refractivity contribution is 7.80. The minimum Gasteiger partial charge on any atom is -0.490 e. The number of anilines is 2. The topological polar surface area (TPSA) is 79.9 Å². The molecule has 0 aromatic heterocycles. The smallest absolute Gasteiger partial charge is 0.261 e. The fourth-order valence-electron chi connectivity index (χ4n) is 3.43. The number of para-hydroxylation sites is 3. The van der Waals surface area contributed by atoms with Gasteiger partial charge in [-0.25, -0.2) is 0 Å². The number of thiocarbonyl (C=S) groups is 1. The van der Waals surface area contributed by atoms with Gasteiger partial charge in [0.15, 0.2) is 5.11 Å². The third-order valence-corrected chi connectivity index (χ3v) is 5.29. The van der Waals surface area contributed by atoms with E-state index in [1.54, 1.807) is 53.4 Å². The maximum Gasteiger partial charge on any atom is 0.261 e. The lowest BCUT2D eigenvalue weighted by atomic mass is 10.1. The highest BCUT2D eigenvalue weighted by atomic mass is 32.1. The number of ether oxygens (including phenoxy) is 2. The van der Waals surface area contributed by atoms with Crippen molar-refractivity contribution in [2.45, 2.75) is 13.8 Å². The zero-order valence-corrected chi connectivity index (χ0v) is 20.6. The molecule has 35 heavy (non-hydrogen) atoms. The van der Waals surface area contributed by atoms with Gasteiger partial charge >= 0.3 is 0 Å².